The van der Waals surface area contributed by atoms with E-state index in [9.17, 15) is 18.0 Å². The van der Waals surface area contributed by atoms with E-state index >= 15 is 0 Å². The first-order valence-electron chi connectivity index (χ1n) is 9.14. The lowest BCUT2D eigenvalue weighted by molar-refractivity contribution is -0.155. The van der Waals surface area contributed by atoms with Crippen LogP contribution in [0.1, 0.15) is 0 Å². The molecule has 2 heterocycles. The molecule has 0 atom stereocenters. The van der Waals surface area contributed by atoms with Crippen molar-refractivity contribution in [3.8, 4) is 5.75 Å². The maximum absolute atomic E-state index is 12.5. The van der Waals surface area contributed by atoms with Crippen molar-refractivity contribution in [2.75, 3.05) is 50.9 Å². The van der Waals surface area contributed by atoms with Gasteiger partial charge in [0.05, 0.1) is 18.9 Å². The van der Waals surface area contributed by atoms with Crippen LogP contribution in [-0.2, 0) is 29.1 Å². The second-order valence-corrected chi connectivity index (χ2v) is 9.48. The molecule has 0 aliphatic carbocycles. The summed E-state index contributed by atoms with van der Waals surface area (Å²) >= 11 is 1.14. The first kappa shape index (κ1) is 22.1. The zero-order valence-electron chi connectivity index (χ0n) is 16.4. The third-order valence-corrected chi connectivity index (χ3v) is 7.55. The summed E-state index contributed by atoms with van der Waals surface area (Å²) in [4.78, 5) is 25.3. The summed E-state index contributed by atoms with van der Waals surface area (Å²) < 4.78 is 42.0. The average Bonchev–Trinajstić information content (AvgIpc) is 3.32. The van der Waals surface area contributed by atoms with Crippen LogP contribution >= 0.6 is 11.3 Å². The molecule has 30 heavy (non-hydrogen) atoms. The highest BCUT2D eigenvalue weighted by Crippen LogP contribution is 2.26. The fourth-order valence-corrected chi connectivity index (χ4v) is 5.02. The number of hydrogen-bond acceptors (Lipinski definition) is 8. The normalized spacial score (nSPS) is 14.2. The van der Waals surface area contributed by atoms with Gasteiger partial charge in [0.2, 0.25) is 0 Å². The van der Waals surface area contributed by atoms with Gasteiger partial charge in [0.25, 0.3) is 15.9 Å². The minimum Gasteiger partial charge on any atom is -0.482 e. The van der Waals surface area contributed by atoms with Crippen molar-refractivity contribution in [3.05, 3.63) is 41.8 Å². The van der Waals surface area contributed by atoms with Gasteiger partial charge in [0, 0.05) is 20.1 Å². The second kappa shape index (κ2) is 9.92. The Balaban J connectivity index is 1.47. The molecule has 1 aromatic carbocycles. The summed E-state index contributed by atoms with van der Waals surface area (Å²) in [5.74, 6) is -0.568. The predicted molar refractivity (Wildman–Crippen MR) is 110 cm³/mol. The number of amides is 1. The first-order valence-corrected chi connectivity index (χ1v) is 11.5. The number of morpholine rings is 1. The summed E-state index contributed by atoms with van der Waals surface area (Å²) in [5.41, 5.74) is 0.453. The lowest BCUT2D eigenvalue weighted by atomic mass is 10.3. The largest absolute Gasteiger partial charge is 0.482 e. The van der Waals surface area contributed by atoms with Crippen molar-refractivity contribution in [1.29, 1.82) is 0 Å². The average molecular weight is 455 g/mol. The Morgan fingerprint density at radius 1 is 1.13 bits per heavy atom. The maximum Gasteiger partial charge on any atom is 0.344 e. The highest BCUT2D eigenvalue weighted by atomic mass is 32.2. The first-order chi connectivity index (χ1) is 14.4. The Kier molecular flexibility index (Phi) is 7.29. The van der Waals surface area contributed by atoms with Crippen LogP contribution in [0.5, 0.6) is 5.75 Å². The SMILES string of the molecule is CN(c1ccc(OCC(=O)OCC(=O)N2CCOCC2)cc1)S(=O)(=O)c1cccs1. The molecule has 1 aliphatic heterocycles. The Hall–Kier alpha value is -2.63. The summed E-state index contributed by atoms with van der Waals surface area (Å²) in [5, 5.41) is 1.70. The van der Waals surface area contributed by atoms with Crippen molar-refractivity contribution < 1.29 is 32.2 Å². The lowest BCUT2D eigenvalue weighted by Gasteiger charge is -2.26. The lowest BCUT2D eigenvalue weighted by Crippen LogP contribution is -2.42. The van der Waals surface area contributed by atoms with Gasteiger partial charge < -0.3 is 19.1 Å². The summed E-state index contributed by atoms with van der Waals surface area (Å²) in [7, 11) is -2.15. The van der Waals surface area contributed by atoms with Crippen molar-refractivity contribution in [1.82, 2.24) is 4.90 Å². The van der Waals surface area contributed by atoms with Crippen LogP contribution in [0.2, 0.25) is 0 Å². The molecule has 0 bridgehead atoms. The van der Waals surface area contributed by atoms with Crippen LogP contribution < -0.4 is 9.04 Å². The number of rotatable bonds is 8. The maximum atomic E-state index is 12.5. The van der Waals surface area contributed by atoms with E-state index in [2.05, 4.69) is 0 Å². The molecule has 11 heteroatoms. The van der Waals surface area contributed by atoms with E-state index in [-0.39, 0.29) is 23.3 Å². The zero-order chi connectivity index (χ0) is 21.6. The van der Waals surface area contributed by atoms with Crippen molar-refractivity contribution in [2.45, 2.75) is 4.21 Å². The number of benzene rings is 1. The van der Waals surface area contributed by atoms with Crippen molar-refractivity contribution >= 4 is 38.9 Å². The zero-order valence-corrected chi connectivity index (χ0v) is 18.0. The number of ether oxygens (including phenoxy) is 3. The monoisotopic (exact) mass is 454 g/mol. The van der Waals surface area contributed by atoms with Gasteiger partial charge in [-0.25, -0.2) is 13.2 Å². The van der Waals surface area contributed by atoms with Crippen LogP contribution in [0.15, 0.2) is 46.0 Å². The van der Waals surface area contributed by atoms with E-state index in [0.29, 0.717) is 37.7 Å². The molecule has 1 saturated heterocycles. The quantitative estimate of drug-likeness (QED) is 0.555. The van der Waals surface area contributed by atoms with E-state index in [1.54, 1.807) is 46.7 Å². The van der Waals surface area contributed by atoms with Gasteiger partial charge in [0.15, 0.2) is 13.2 Å². The smallest absolute Gasteiger partial charge is 0.344 e. The van der Waals surface area contributed by atoms with E-state index in [1.165, 1.54) is 11.4 Å². The number of thiophene rings is 1. The minimum absolute atomic E-state index is 0.250. The van der Waals surface area contributed by atoms with Crippen LogP contribution in [0.4, 0.5) is 5.69 Å². The predicted octanol–water partition coefficient (Wildman–Crippen LogP) is 1.35. The molecule has 1 fully saturated rings. The topological polar surface area (TPSA) is 102 Å². The van der Waals surface area contributed by atoms with Crippen LogP contribution in [0.3, 0.4) is 0 Å². The molecule has 0 saturated carbocycles. The third kappa shape index (κ3) is 5.49. The van der Waals surface area contributed by atoms with Gasteiger partial charge in [-0.3, -0.25) is 9.10 Å². The Morgan fingerprint density at radius 3 is 2.47 bits per heavy atom. The molecular formula is C19H22N2O7S2. The molecule has 1 amide bonds. The fraction of sp³-hybridized carbons (Fsp3) is 0.368. The van der Waals surface area contributed by atoms with Gasteiger partial charge >= 0.3 is 5.97 Å². The molecule has 3 rings (SSSR count). The minimum atomic E-state index is -3.62. The van der Waals surface area contributed by atoms with Gasteiger partial charge in [-0.2, -0.15) is 0 Å². The standard InChI is InChI=1S/C19H22N2O7S2/c1-20(30(24,25)19-3-2-12-29-19)15-4-6-16(7-5-15)27-14-18(23)28-13-17(22)21-8-10-26-11-9-21/h2-7,12H,8-11,13-14H2,1H3. The van der Waals surface area contributed by atoms with Gasteiger partial charge in [-0.15, -0.1) is 11.3 Å². The summed E-state index contributed by atoms with van der Waals surface area (Å²) in [6.45, 7) is 1.21. The second-order valence-electron chi connectivity index (χ2n) is 6.34. The summed E-state index contributed by atoms with van der Waals surface area (Å²) in [6.07, 6.45) is 0. The van der Waals surface area contributed by atoms with Gasteiger partial charge in [-0.1, -0.05) is 6.07 Å². The van der Waals surface area contributed by atoms with E-state index in [0.717, 1.165) is 11.3 Å². The number of carbonyl (C=O) groups is 2. The van der Waals surface area contributed by atoms with E-state index in [4.69, 9.17) is 14.2 Å². The van der Waals surface area contributed by atoms with Crippen molar-refractivity contribution in [2.24, 2.45) is 0 Å². The number of nitrogens with zero attached hydrogens (tertiary/aromatic N) is 2. The molecule has 2 aromatic rings. The molecule has 0 radical (unpaired) electrons. The van der Waals surface area contributed by atoms with E-state index < -0.39 is 16.0 Å². The summed E-state index contributed by atoms with van der Waals surface area (Å²) in [6, 6.07) is 9.49. The van der Waals surface area contributed by atoms with Gasteiger partial charge in [0.1, 0.15) is 9.96 Å². The Bertz CT molecular complexity index is 953. The molecule has 162 valence electrons. The number of esters is 1. The van der Waals surface area contributed by atoms with Crippen LogP contribution in [0, 0.1) is 0 Å². The highest BCUT2D eigenvalue weighted by Gasteiger charge is 2.22. The van der Waals surface area contributed by atoms with Crippen LogP contribution in [-0.4, -0.2) is 71.8 Å². The Morgan fingerprint density at radius 2 is 1.83 bits per heavy atom. The highest BCUT2D eigenvalue weighted by molar-refractivity contribution is 7.94. The number of anilines is 1. The van der Waals surface area contributed by atoms with Crippen LogP contribution in [0.25, 0.3) is 0 Å². The number of sulfonamides is 1. The van der Waals surface area contributed by atoms with Crippen molar-refractivity contribution in [3.63, 3.8) is 0 Å². The fourth-order valence-electron chi connectivity index (χ4n) is 2.67. The number of hydrogen-bond donors (Lipinski definition) is 0. The molecule has 1 aliphatic rings. The molecule has 0 N–H and O–H groups in total. The molecule has 0 spiro atoms. The molecular weight excluding hydrogens is 432 g/mol. The molecule has 0 unspecified atom stereocenters. The van der Waals surface area contributed by atoms with Gasteiger partial charge in [-0.05, 0) is 35.7 Å². The van der Waals surface area contributed by atoms with E-state index in [1.807, 2.05) is 0 Å². The third-order valence-electron chi connectivity index (χ3n) is 4.39. The molecule has 1 aromatic heterocycles. The Labute approximate surface area is 178 Å². The molecule has 9 nitrogen and oxygen atoms in total. The number of carbonyl (C=O) groups excluding carboxylic acids is 2.